The van der Waals surface area contributed by atoms with Crippen molar-refractivity contribution < 1.29 is 100 Å². The lowest BCUT2D eigenvalue weighted by atomic mass is 9.94. The number of carbonyl (C=O) groups excluding carboxylic acids is 9. The normalized spacial score (nSPS) is 11.9. The molecule has 2 atom stereocenters. The SMILES string of the molecule is CCC(CSC[C@H](NC(=O)CCCCCCCCC(=O)OC(=O)CCCCCCCCC(=O)OC(CC(=O)OCOC)(CC(=O)OCOC)C(=O)OCOC)C(=O)O)C(=O)c1ccc(OCOC=O)c(Cl)c1Cl. The molecule has 0 saturated heterocycles. The molecule has 1 rings (SSSR count). The van der Waals surface area contributed by atoms with Gasteiger partial charge in [-0.3, -0.25) is 38.4 Å². The molecule has 0 aliphatic carbocycles. The summed E-state index contributed by atoms with van der Waals surface area (Å²) in [6.07, 6.45) is 6.27. The number of benzene rings is 1. The first-order valence-electron chi connectivity index (χ1n) is 23.7. The lowest BCUT2D eigenvalue weighted by Crippen LogP contribution is -2.49. The van der Waals surface area contributed by atoms with Gasteiger partial charge in [-0.25, -0.2) is 9.59 Å². The third-order valence-electron chi connectivity index (χ3n) is 10.6. The monoisotopic (exact) mass is 1100 g/mol. The second-order valence-electron chi connectivity index (χ2n) is 16.3. The summed E-state index contributed by atoms with van der Waals surface area (Å²) >= 11 is 13.8. The standard InChI is InChI=1S/C48H69Cl2NO21S/c1-5-33(45(59)34-22-23-36(44(50)43(34)49)67-32-66-28-52)26-73-27-35(46(60)61)51-37(53)18-14-10-6-7-11-15-19-38(54)71-39(55)20-16-12-8-9-13-17-21-40(56)72-48(47(62)70-31-65-4,24-41(57)68-29-63-2)25-42(58)69-30-64-3/h22-23,28,33,35H,5-21,24-27,29-32H2,1-4H3,(H,51,53)(H,60,61)/t33?,35-/m0/s1. The number of hydrogen-bond donors (Lipinski definition) is 2. The van der Waals surface area contributed by atoms with E-state index in [1.54, 1.807) is 0 Å². The van der Waals surface area contributed by atoms with Crippen LogP contribution < -0.4 is 10.1 Å². The molecule has 0 saturated carbocycles. The van der Waals surface area contributed by atoms with E-state index in [4.69, 9.17) is 65.8 Å². The molecule has 412 valence electrons. The van der Waals surface area contributed by atoms with Crippen molar-refractivity contribution in [3.05, 3.63) is 27.7 Å². The molecular weight excluding hydrogens is 1030 g/mol. The average Bonchev–Trinajstić information content (AvgIpc) is 3.35. The number of nitrogens with one attached hydrogen (secondary N) is 1. The molecule has 0 aliphatic heterocycles. The predicted octanol–water partition coefficient (Wildman–Crippen LogP) is 6.83. The molecule has 0 aliphatic rings. The van der Waals surface area contributed by atoms with Crippen molar-refractivity contribution in [2.75, 3.05) is 60.0 Å². The van der Waals surface area contributed by atoms with Gasteiger partial charge >= 0.3 is 41.8 Å². The second-order valence-corrected chi connectivity index (χ2v) is 18.2. The van der Waals surface area contributed by atoms with Gasteiger partial charge in [-0.15, -0.1) is 0 Å². The summed E-state index contributed by atoms with van der Waals surface area (Å²) < 4.78 is 48.9. The number of esters is 6. The zero-order valence-corrected chi connectivity index (χ0v) is 44.2. The van der Waals surface area contributed by atoms with Gasteiger partial charge in [-0.1, -0.05) is 81.5 Å². The number of halogens is 2. The number of Topliss-reactive ketones (excluding diaryl/α,β-unsaturated/α-hetero) is 1. The summed E-state index contributed by atoms with van der Waals surface area (Å²) in [5.41, 5.74) is -2.25. The molecule has 0 heterocycles. The van der Waals surface area contributed by atoms with Crippen LogP contribution >= 0.6 is 35.0 Å². The topological polar surface area (TPSA) is 295 Å². The zero-order chi connectivity index (χ0) is 54.4. The molecular formula is C48H69Cl2NO21S. The smallest absolute Gasteiger partial charge is 0.353 e. The quantitative estimate of drug-likeness (QED) is 0.0129. The number of amides is 1. The highest BCUT2D eigenvalue weighted by atomic mass is 35.5. The van der Waals surface area contributed by atoms with Crippen LogP contribution in [0.25, 0.3) is 0 Å². The van der Waals surface area contributed by atoms with Gasteiger partial charge in [0.2, 0.25) is 18.3 Å². The molecule has 0 bridgehead atoms. The third kappa shape index (κ3) is 28.3. The molecule has 73 heavy (non-hydrogen) atoms. The van der Waals surface area contributed by atoms with Crippen molar-refractivity contribution >= 4 is 94.9 Å². The van der Waals surface area contributed by atoms with Crippen LogP contribution in [-0.2, 0) is 85.8 Å². The van der Waals surface area contributed by atoms with Crippen LogP contribution in [-0.4, -0.2) is 137 Å². The maximum Gasteiger partial charge on any atom is 0.353 e. The molecule has 22 nitrogen and oxygen atoms in total. The van der Waals surface area contributed by atoms with E-state index in [1.807, 2.05) is 6.92 Å². The van der Waals surface area contributed by atoms with Crippen LogP contribution in [0.2, 0.25) is 10.0 Å². The van der Waals surface area contributed by atoms with E-state index in [0.717, 1.165) is 12.8 Å². The lowest BCUT2D eigenvalue weighted by molar-refractivity contribution is -0.199. The fourth-order valence-electron chi connectivity index (χ4n) is 6.72. The molecule has 0 fully saturated rings. The summed E-state index contributed by atoms with van der Waals surface area (Å²) in [6.45, 7) is 0.136. The minimum atomic E-state index is -2.42. The van der Waals surface area contributed by atoms with E-state index in [1.165, 1.54) is 45.2 Å². The van der Waals surface area contributed by atoms with Crippen LogP contribution in [0.15, 0.2) is 12.1 Å². The van der Waals surface area contributed by atoms with Crippen molar-refractivity contribution in [2.45, 2.75) is 141 Å². The van der Waals surface area contributed by atoms with Crippen LogP contribution in [0.1, 0.15) is 139 Å². The van der Waals surface area contributed by atoms with Crippen LogP contribution in [0.3, 0.4) is 0 Å². The number of methoxy groups -OCH3 is 3. The van der Waals surface area contributed by atoms with E-state index in [-0.39, 0.29) is 70.8 Å². The van der Waals surface area contributed by atoms with Gasteiger partial charge in [0.15, 0.2) is 26.2 Å². The van der Waals surface area contributed by atoms with Crippen molar-refractivity contribution in [3.63, 3.8) is 0 Å². The summed E-state index contributed by atoms with van der Waals surface area (Å²) in [7, 11) is 3.76. The average molecular weight is 1100 g/mol. The largest absolute Gasteiger partial charge is 0.480 e. The summed E-state index contributed by atoms with van der Waals surface area (Å²) in [5.74, 6) is -7.37. The number of carboxylic acid groups (broad SMARTS) is 1. The van der Waals surface area contributed by atoms with Gasteiger partial charge in [-0.05, 0) is 44.2 Å². The zero-order valence-electron chi connectivity index (χ0n) is 41.8. The maximum absolute atomic E-state index is 13.3. The Morgan fingerprint density at radius 2 is 1.14 bits per heavy atom. The van der Waals surface area contributed by atoms with Gasteiger partial charge < -0.3 is 57.8 Å². The highest BCUT2D eigenvalue weighted by molar-refractivity contribution is 7.99. The van der Waals surface area contributed by atoms with E-state index in [2.05, 4.69) is 10.1 Å². The van der Waals surface area contributed by atoms with E-state index in [9.17, 15) is 53.1 Å². The Kier molecular flexibility index (Phi) is 35.6. The number of unbranched alkanes of at least 4 members (excludes halogenated alkanes) is 10. The van der Waals surface area contributed by atoms with Gasteiger partial charge in [-0.2, -0.15) is 11.8 Å². The Morgan fingerprint density at radius 3 is 1.63 bits per heavy atom. The van der Waals surface area contributed by atoms with Gasteiger partial charge in [0.1, 0.15) is 16.8 Å². The Labute approximate surface area is 439 Å². The summed E-state index contributed by atoms with van der Waals surface area (Å²) in [5, 5.41) is 12.2. The van der Waals surface area contributed by atoms with Crippen molar-refractivity contribution in [1.29, 1.82) is 0 Å². The molecule has 1 unspecified atom stereocenters. The first kappa shape index (κ1) is 65.9. The van der Waals surface area contributed by atoms with Crippen molar-refractivity contribution in [1.82, 2.24) is 5.32 Å². The molecule has 2 N–H and O–H groups in total. The molecule has 1 aromatic carbocycles. The Morgan fingerprint density at radius 1 is 0.644 bits per heavy atom. The maximum atomic E-state index is 13.3. The fourth-order valence-corrected chi connectivity index (χ4v) is 8.45. The lowest BCUT2D eigenvalue weighted by Gasteiger charge is -2.29. The molecule has 0 radical (unpaired) electrons. The van der Waals surface area contributed by atoms with E-state index < -0.39 is 105 Å². The van der Waals surface area contributed by atoms with Crippen LogP contribution in [0.4, 0.5) is 0 Å². The fraction of sp³-hybridized carbons (Fsp3) is 0.667. The van der Waals surface area contributed by atoms with E-state index >= 15 is 0 Å². The summed E-state index contributed by atoms with van der Waals surface area (Å²) in [6, 6.07) is 1.72. The second kappa shape index (κ2) is 39.4. The summed E-state index contributed by atoms with van der Waals surface area (Å²) in [4.78, 5) is 123. The highest BCUT2D eigenvalue weighted by Gasteiger charge is 2.49. The third-order valence-corrected chi connectivity index (χ3v) is 12.6. The minimum Gasteiger partial charge on any atom is -0.480 e. The number of rotatable bonds is 43. The van der Waals surface area contributed by atoms with Crippen molar-refractivity contribution in [3.8, 4) is 5.75 Å². The van der Waals surface area contributed by atoms with E-state index in [0.29, 0.717) is 70.6 Å². The molecule has 0 aromatic heterocycles. The van der Waals surface area contributed by atoms with Gasteiger partial charge in [0.05, 0.1) is 17.9 Å². The number of ether oxygens (including phenoxy) is 10. The minimum absolute atomic E-state index is 0.0240. The van der Waals surface area contributed by atoms with Crippen LogP contribution in [0, 0.1) is 5.92 Å². The number of carboxylic acids is 1. The molecule has 25 heteroatoms. The number of hydrogen-bond acceptors (Lipinski definition) is 21. The predicted molar refractivity (Wildman–Crippen MR) is 261 cm³/mol. The molecule has 1 aromatic rings. The number of aliphatic carboxylic acids is 1. The Hall–Kier alpha value is -5.07. The Bertz CT molecular complexity index is 1900. The number of carbonyl (C=O) groups is 10. The van der Waals surface area contributed by atoms with Gasteiger partial charge in [0.25, 0.3) is 6.47 Å². The molecule has 0 spiro atoms. The number of ketones is 1. The first-order chi connectivity index (χ1) is 35.0. The highest BCUT2D eigenvalue weighted by Crippen LogP contribution is 2.36. The van der Waals surface area contributed by atoms with Gasteiger partial charge in [0, 0.05) is 70.0 Å². The number of thioether (sulfide) groups is 1. The van der Waals surface area contributed by atoms with Crippen molar-refractivity contribution in [2.24, 2.45) is 5.92 Å². The Balaban J connectivity index is 2.32. The molecule has 1 amide bonds. The first-order valence-corrected chi connectivity index (χ1v) is 25.6. The van der Waals surface area contributed by atoms with Crippen LogP contribution in [0.5, 0.6) is 5.75 Å².